The van der Waals surface area contributed by atoms with Gasteiger partial charge in [0.1, 0.15) is 11.6 Å². The monoisotopic (exact) mass is 261 g/mol. The van der Waals surface area contributed by atoms with Crippen molar-refractivity contribution in [3.63, 3.8) is 0 Å². The highest BCUT2D eigenvalue weighted by atomic mass is 19.1. The Morgan fingerprint density at radius 1 is 1.00 bits per heavy atom. The van der Waals surface area contributed by atoms with Crippen molar-refractivity contribution in [1.82, 2.24) is 5.32 Å². The van der Waals surface area contributed by atoms with Gasteiger partial charge in [0.15, 0.2) is 0 Å². The maximum atomic E-state index is 13.5. The first-order valence-corrected chi connectivity index (χ1v) is 6.31. The maximum Gasteiger partial charge on any atom is 0.130 e. The van der Waals surface area contributed by atoms with E-state index in [1.165, 1.54) is 23.8 Å². The van der Waals surface area contributed by atoms with E-state index < -0.39 is 11.6 Å². The molecular weight excluding hydrogens is 244 g/mol. The third-order valence-electron chi connectivity index (χ3n) is 3.22. The lowest BCUT2D eigenvalue weighted by Crippen LogP contribution is -2.19. The molecule has 0 heterocycles. The van der Waals surface area contributed by atoms with Crippen molar-refractivity contribution < 1.29 is 8.78 Å². The molecule has 3 heteroatoms. The van der Waals surface area contributed by atoms with Gasteiger partial charge in [-0.1, -0.05) is 35.9 Å². The highest BCUT2D eigenvalue weighted by Crippen LogP contribution is 2.16. The Morgan fingerprint density at radius 2 is 1.58 bits per heavy atom. The summed E-state index contributed by atoms with van der Waals surface area (Å²) in [4.78, 5) is 0. The van der Waals surface area contributed by atoms with Crippen LogP contribution in [-0.2, 0) is 6.54 Å². The Kier molecular flexibility index (Phi) is 4.27. The molecule has 2 aromatic rings. The van der Waals surface area contributed by atoms with E-state index in [0.29, 0.717) is 0 Å². The van der Waals surface area contributed by atoms with E-state index in [2.05, 4.69) is 5.32 Å². The van der Waals surface area contributed by atoms with Crippen molar-refractivity contribution in [3.05, 3.63) is 70.8 Å². The zero-order chi connectivity index (χ0) is 13.8. The lowest BCUT2D eigenvalue weighted by Gasteiger charge is -2.15. The number of hydrogen-bond acceptors (Lipinski definition) is 1. The fourth-order valence-corrected chi connectivity index (χ4v) is 1.93. The van der Waals surface area contributed by atoms with Crippen LogP contribution in [0, 0.1) is 18.6 Å². The fraction of sp³-hybridized carbons (Fsp3) is 0.250. The van der Waals surface area contributed by atoms with Gasteiger partial charge in [0.05, 0.1) is 0 Å². The Morgan fingerprint density at radius 3 is 2.16 bits per heavy atom. The van der Waals surface area contributed by atoms with Crippen molar-refractivity contribution in [3.8, 4) is 0 Å². The minimum Gasteiger partial charge on any atom is -0.306 e. The molecule has 0 amide bonds. The Bertz CT molecular complexity index is 529. The molecule has 0 aliphatic rings. The second kappa shape index (κ2) is 5.93. The van der Waals surface area contributed by atoms with E-state index in [1.54, 1.807) is 0 Å². The van der Waals surface area contributed by atoms with Gasteiger partial charge in [0, 0.05) is 18.2 Å². The van der Waals surface area contributed by atoms with Crippen molar-refractivity contribution in [2.75, 3.05) is 0 Å². The lowest BCUT2D eigenvalue weighted by atomic mass is 10.1. The number of hydrogen-bond donors (Lipinski definition) is 1. The predicted octanol–water partition coefficient (Wildman–Crippen LogP) is 4.12. The number of benzene rings is 2. The van der Waals surface area contributed by atoms with Crippen LogP contribution in [0.1, 0.15) is 29.7 Å². The van der Waals surface area contributed by atoms with E-state index in [-0.39, 0.29) is 18.2 Å². The summed E-state index contributed by atoms with van der Waals surface area (Å²) in [6, 6.07) is 12.0. The quantitative estimate of drug-likeness (QED) is 0.872. The minimum atomic E-state index is -0.511. The molecule has 100 valence electrons. The maximum absolute atomic E-state index is 13.5. The summed E-state index contributed by atoms with van der Waals surface area (Å²) < 4.78 is 27.0. The molecule has 1 nitrogen and oxygen atoms in total. The average Bonchev–Trinajstić information content (AvgIpc) is 2.38. The van der Waals surface area contributed by atoms with Crippen LogP contribution in [0.15, 0.2) is 42.5 Å². The molecular formula is C16H17F2N. The summed E-state index contributed by atoms with van der Waals surface area (Å²) in [6.07, 6.45) is 0. The van der Waals surface area contributed by atoms with Crippen molar-refractivity contribution in [2.45, 2.75) is 26.4 Å². The molecule has 0 fully saturated rings. The van der Waals surface area contributed by atoms with Gasteiger partial charge >= 0.3 is 0 Å². The fourth-order valence-electron chi connectivity index (χ4n) is 1.93. The Balaban J connectivity index is 2.04. The number of nitrogens with one attached hydrogen (secondary N) is 1. The average molecular weight is 261 g/mol. The number of rotatable bonds is 4. The van der Waals surface area contributed by atoms with Gasteiger partial charge in [-0.2, -0.15) is 0 Å². The molecule has 0 saturated carbocycles. The molecule has 1 N–H and O–H groups in total. The van der Waals surface area contributed by atoms with Gasteiger partial charge in [0.25, 0.3) is 0 Å². The highest BCUT2D eigenvalue weighted by Gasteiger charge is 2.10. The smallest absolute Gasteiger partial charge is 0.130 e. The van der Waals surface area contributed by atoms with Crippen LogP contribution in [0.3, 0.4) is 0 Å². The van der Waals surface area contributed by atoms with Crippen molar-refractivity contribution in [2.24, 2.45) is 0 Å². The molecule has 2 rings (SSSR count). The normalized spacial score (nSPS) is 12.4. The minimum absolute atomic E-state index is 0.0413. The van der Waals surface area contributed by atoms with Crippen molar-refractivity contribution >= 4 is 0 Å². The summed E-state index contributed by atoms with van der Waals surface area (Å²) in [5.74, 6) is -1.02. The standard InChI is InChI=1S/C16H17F2N/c1-11-6-8-13(9-7-11)12(2)19-10-14-15(17)4-3-5-16(14)18/h3-9,12,19H,10H2,1-2H3. The summed E-state index contributed by atoms with van der Waals surface area (Å²) in [7, 11) is 0. The van der Waals surface area contributed by atoms with Crippen LogP contribution in [-0.4, -0.2) is 0 Å². The van der Waals surface area contributed by atoms with Crippen LogP contribution in [0.5, 0.6) is 0 Å². The van der Waals surface area contributed by atoms with E-state index in [1.807, 2.05) is 38.1 Å². The molecule has 0 bridgehead atoms. The van der Waals surface area contributed by atoms with Gasteiger partial charge < -0.3 is 5.32 Å². The third-order valence-corrected chi connectivity index (χ3v) is 3.22. The Hall–Kier alpha value is -1.74. The summed E-state index contributed by atoms with van der Waals surface area (Å²) in [5, 5.41) is 3.14. The molecule has 0 saturated heterocycles. The first-order valence-electron chi connectivity index (χ1n) is 6.31. The van der Waals surface area contributed by atoms with Crippen LogP contribution in [0.2, 0.25) is 0 Å². The van der Waals surface area contributed by atoms with Crippen LogP contribution in [0.4, 0.5) is 8.78 Å². The molecule has 19 heavy (non-hydrogen) atoms. The van der Waals surface area contributed by atoms with Gasteiger partial charge in [0.2, 0.25) is 0 Å². The summed E-state index contributed by atoms with van der Waals surface area (Å²) in [5.41, 5.74) is 2.37. The number of halogens is 2. The van der Waals surface area contributed by atoms with Crippen LogP contribution < -0.4 is 5.32 Å². The molecule has 0 spiro atoms. The van der Waals surface area contributed by atoms with Crippen LogP contribution >= 0.6 is 0 Å². The van der Waals surface area contributed by atoms with E-state index >= 15 is 0 Å². The third kappa shape index (κ3) is 3.38. The highest BCUT2D eigenvalue weighted by molar-refractivity contribution is 5.24. The molecule has 1 atom stereocenters. The zero-order valence-corrected chi connectivity index (χ0v) is 11.1. The van der Waals surface area contributed by atoms with Gasteiger partial charge in [-0.05, 0) is 31.5 Å². The first kappa shape index (κ1) is 13.7. The van der Waals surface area contributed by atoms with Gasteiger partial charge in [-0.3, -0.25) is 0 Å². The second-order valence-corrected chi connectivity index (χ2v) is 4.71. The largest absolute Gasteiger partial charge is 0.306 e. The molecule has 2 aromatic carbocycles. The molecule has 0 aromatic heterocycles. The van der Waals surface area contributed by atoms with E-state index in [9.17, 15) is 8.78 Å². The SMILES string of the molecule is Cc1ccc(C(C)NCc2c(F)cccc2F)cc1. The first-order chi connectivity index (χ1) is 9.08. The molecule has 1 unspecified atom stereocenters. The predicted molar refractivity (Wildman–Crippen MR) is 72.8 cm³/mol. The number of aryl methyl sites for hydroxylation is 1. The summed E-state index contributed by atoms with van der Waals surface area (Å²) in [6.45, 7) is 4.17. The molecule has 0 radical (unpaired) electrons. The van der Waals surface area contributed by atoms with Gasteiger partial charge in [-0.15, -0.1) is 0 Å². The van der Waals surface area contributed by atoms with Gasteiger partial charge in [-0.25, -0.2) is 8.78 Å². The second-order valence-electron chi connectivity index (χ2n) is 4.71. The molecule has 0 aliphatic carbocycles. The lowest BCUT2D eigenvalue weighted by molar-refractivity contribution is 0.509. The molecule has 0 aliphatic heterocycles. The Labute approximate surface area is 112 Å². The van der Waals surface area contributed by atoms with E-state index in [0.717, 1.165) is 5.56 Å². The zero-order valence-electron chi connectivity index (χ0n) is 11.1. The summed E-state index contributed by atoms with van der Waals surface area (Å²) >= 11 is 0. The topological polar surface area (TPSA) is 12.0 Å². The van der Waals surface area contributed by atoms with E-state index in [4.69, 9.17) is 0 Å². The van der Waals surface area contributed by atoms with Crippen molar-refractivity contribution in [1.29, 1.82) is 0 Å². The van der Waals surface area contributed by atoms with Crippen LogP contribution in [0.25, 0.3) is 0 Å².